The number of phosphoric ester groups is 1. The Morgan fingerprint density at radius 3 is 2.33 bits per heavy atom. The molecule has 6 N–H and O–H groups in total. The van der Waals surface area contributed by atoms with E-state index in [-0.39, 0.29) is 0 Å². The third-order valence-electron chi connectivity index (χ3n) is 3.99. The molecule has 0 radical (unpaired) electrons. The second-order valence-electron chi connectivity index (χ2n) is 6.46. The number of phosphoric acid groups is 3. The van der Waals surface area contributed by atoms with Crippen LogP contribution in [0.5, 0.6) is 0 Å². The molecule has 186 valence electrons. The van der Waals surface area contributed by atoms with Crippen molar-refractivity contribution in [1.82, 2.24) is 9.55 Å². The number of hydrogen-bond donors (Lipinski definition) is 6. The molecule has 0 spiro atoms. The van der Waals surface area contributed by atoms with E-state index in [1.807, 2.05) is 10.9 Å². The third kappa shape index (κ3) is 6.77. The highest BCUT2D eigenvalue weighted by Crippen LogP contribution is 2.66. The van der Waals surface area contributed by atoms with Crippen LogP contribution in [-0.4, -0.2) is 58.2 Å². The number of nitrogens with zero attached hydrogens (tertiary/aromatic N) is 1. The zero-order valence-corrected chi connectivity index (χ0v) is 19.2. The number of aliphatic hydroxyl groups excluding tert-OH is 1. The quantitative estimate of drug-likeness (QED) is 0.176. The van der Waals surface area contributed by atoms with E-state index in [1.165, 1.54) is 6.92 Å². The van der Waals surface area contributed by atoms with Gasteiger partial charge in [0.1, 0.15) is 12.2 Å². The van der Waals surface area contributed by atoms with Gasteiger partial charge in [0.05, 0.1) is 6.10 Å². The summed E-state index contributed by atoms with van der Waals surface area (Å²) >= 11 is 0. The number of aromatic amines is 1. The van der Waals surface area contributed by atoms with Gasteiger partial charge in [-0.25, -0.2) is 22.9 Å². The summed E-state index contributed by atoms with van der Waals surface area (Å²) in [5.41, 5.74) is -4.96. The lowest BCUT2D eigenvalue weighted by atomic mass is 9.94. The maximum Gasteiger partial charge on any atom is 0.490 e. The molecule has 1 saturated heterocycles. The minimum atomic E-state index is -5.83. The molecule has 33 heavy (non-hydrogen) atoms. The lowest BCUT2D eigenvalue weighted by Crippen LogP contribution is -2.46. The zero-order chi connectivity index (χ0) is 25.4. The summed E-state index contributed by atoms with van der Waals surface area (Å²) in [6, 6.07) is 0.847. The first-order chi connectivity index (χ1) is 14.9. The molecule has 0 aromatic carbocycles. The van der Waals surface area contributed by atoms with E-state index < -0.39 is 64.9 Å². The molecule has 0 saturated carbocycles. The monoisotopic (exact) mass is 538 g/mol. The van der Waals surface area contributed by atoms with Crippen LogP contribution in [0.1, 0.15) is 20.1 Å². The highest BCUT2D eigenvalue weighted by Gasteiger charge is 2.60. The van der Waals surface area contributed by atoms with Gasteiger partial charge in [0, 0.05) is 12.3 Å². The predicted molar refractivity (Wildman–Crippen MR) is 103 cm³/mol. The minimum Gasteiger partial charge on any atom is -0.386 e. The molecule has 7 atom stereocenters. The van der Waals surface area contributed by atoms with Crippen LogP contribution in [0.2, 0.25) is 0 Å². The number of aliphatic hydroxyl groups is 1. The first-order valence-corrected chi connectivity index (χ1v) is 13.0. The Labute approximate surface area is 183 Å². The maximum atomic E-state index is 15.6. The molecule has 1 fully saturated rings. The second-order valence-corrected chi connectivity index (χ2v) is 10.8. The summed E-state index contributed by atoms with van der Waals surface area (Å²) in [5.74, 6) is 4.21. The Kier molecular flexibility index (Phi) is 8.10. The largest absolute Gasteiger partial charge is 0.490 e. The van der Waals surface area contributed by atoms with E-state index >= 15 is 4.39 Å². The molecule has 16 nitrogen and oxygen atoms in total. The molecule has 0 amide bonds. The lowest BCUT2D eigenvalue weighted by Gasteiger charge is -2.25. The van der Waals surface area contributed by atoms with Gasteiger partial charge in [-0.15, -0.1) is 5.92 Å². The van der Waals surface area contributed by atoms with Crippen molar-refractivity contribution in [2.45, 2.75) is 44.1 Å². The Morgan fingerprint density at radius 1 is 1.21 bits per heavy atom. The van der Waals surface area contributed by atoms with Crippen molar-refractivity contribution in [2.75, 3.05) is 0 Å². The van der Waals surface area contributed by atoms with Crippen LogP contribution in [-0.2, 0) is 31.6 Å². The van der Waals surface area contributed by atoms with Gasteiger partial charge in [-0.1, -0.05) is 5.92 Å². The van der Waals surface area contributed by atoms with Crippen molar-refractivity contribution in [3.05, 3.63) is 33.1 Å². The van der Waals surface area contributed by atoms with Crippen LogP contribution < -0.4 is 11.2 Å². The van der Waals surface area contributed by atoms with Gasteiger partial charge in [-0.2, -0.15) is 8.62 Å². The molecule has 2 rings (SSSR count). The number of nitrogens with one attached hydrogen (secondary N) is 1. The number of H-pyrrole nitrogens is 1. The summed E-state index contributed by atoms with van der Waals surface area (Å²) in [4.78, 5) is 61.1. The molecule has 1 aromatic heterocycles. The topological polar surface area (TPSA) is 244 Å². The molecule has 0 aliphatic carbocycles. The van der Waals surface area contributed by atoms with Gasteiger partial charge in [-0.3, -0.25) is 18.9 Å². The number of ether oxygens (including phenoxy) is 1. The van der Waals surface area contributed by atoms with Crippen molar-refractivity contribution in [3.63, 3.8) is 0 Å². The highest BCUT2D eigenvalue weighted by molar-refractivity contribution is 7.66. The van der Waals surface area contributed by atoms with Gasteiger partial charge in [0.2, 0.25) is 5.67 Å². The number of hydrogen-bond acceptors (Lipinski definition) is 10. The molecule has 20 heteroatoms. The fraction of sp³-hybridized carbons (Fsp3) is 0.538. The van der Waals surface area contributed by atoms with Gasteiger partial charge in [-0.05, 0) is 13.8 Å². The van der Waals surface area contributed by atoms with Gasteiger partial charge in [0.15, 0.2) is 6.23 Å². The fourth-order valence-electron chi connectivity index (χ4n) is 2.85. The summed E-state index contributed by atoms with van der Waals surface area (Å²) < 4.78 is 67.2. The van der Waals surface area contributed by atoms with Crippen molar-refractivity contribution < 1.29 is 60.6 Å². The van der Waals surface area contributed by atoms with Crippen LogP contribution in [0.3, 0.4) is 0 Å². The van der Waals surface area contributed by atoms with Crippen molar-refractivity contribution in [2.24, 2.45) is 0 Å². The average Bonchev–Trinajstić information content (AvgIpc) is 2.83. The Morgan fingerprint density at radius 2 is 1.82 bits per heavy atom. The Bertz CT molecular complexity index is 1210. The molecule has 0 bridgehead atoms. The number of halogens is 1. The van der Waals surface area contributed by atoms with Crippen molar-refractivity contribution in [3.8, 4) is 11.8 Å². The molecule has 1 aliphatic heterocycles. The Balaban J connectivity index is 2.32. The maximum absolute atomic E-state index is 15.6. The van der Waals surface area contributed by atoms with Crippen molar-refractivity contribution in [1.29, 1.82) is 0 Å². The molecule has 1 aromatic rings. The third-order valence-corrected chi connectivity index (χ3v) is 7.91. The van der Waals surface area contributed by atoms with E-state index in [9.17, 15) is 38.2 Å². The first-order valence-electron chi connectivity index (χ1n) is 8.51. The van der Waals surface area contributed by atoms with Gasteiger partial charge < -0.3 is 29.4 Å². The van der Waals surface area contributed by atoms with Crippen LogP contribution in [0, 0.1) is 11.8 Å². The van der Waals surface area contributed by atoms with Crippen LogP contribution in [0.25, 0.3) is 0 Å². The van der Waals surface area contributed by atoms with Gasteiger partial charge in [0.25, 0.3) is 5.56 Å². The van der Waals surface area contributed by atoms with Crippen molar-refractivity contribution >= 4 is 23.5 Å². The molecule has 1 aliphatic rings. The van der Waals surface area contributed by atoms with E-state index in [2.05, 4.69) is 19.1 Å². The highest BCUT2D eigenvalue weighted by atomic mass is 31.3. The zero-order valence-electron chi connectivity index (χ0n) is 16.5. The standard InChI is InChI=1S/C13H18FN2O14P3/c1-3-5-13(14)10(18)9(27-11(13)16-6-4-8(17)15-12(16)19)7(2)28-32(23,24)30-33(25,26)29-31(20,21)22/h4,6-7,9-11,18H,1-2H3,(H,23,24)(H,25,26)(H,15,17,19)(H2,20,21,22)/t7-,9-,10+,11-,13?/m1/s1. The molecular weight excluding hydrogens is 520 g/mol. The molecule has 3 unspecified atom stereocenters. The summed E-state index contributed by atoms with van der Waals surface area (Å²) in [5, 5.41) is 10.5. The molecule has 2 heterocycles. The van der Waals surface area contributed by atoms with Crippen LogP contribution >= 0.6 is 23.5 Å². The first kappa shape index (κ1) is 27.7. The number of rotatable bonds is 8. The van der Waals surface area contributed by atoms with Crippen LogP contribution in [0.4, 0.5) is 4.39 Å². The van der Waals surface area contributed by atoms with E-state index in [0.717, 1.165) is 19.2 Å². The lowest BCUT2D eigenvalue weighted by molar-refractivity contribution is -0.0781. The summed E-state index contributed by atoms with van der Waals surface area (Å²) in [6.07, 6.45) is -7.05. The average molecular weight is 538 g/mol. The van der Waals surface area contributed by atoms with E-state index in [0.29, 0.717) is 4.57 Å². The second kappa shape index (κ2) is 9.63. The van der Waals surface area contributed by atoms with Crippen LogP contribution in [0.15, 0.2) is 21.9 Å². The SMILES string of the molecule is CC#CC1(F)[C@@H](O)[C@@H]([C@@H](C)OP(=O)(O)OP(=O)(O)OP(=O)(O)O)O[C@H]1n1ccc(=O)[nH]c1=O. The summed E-state index contributed by atoms with van der Waals surface area (Å²) in [6.45, 7) is 2.13. The van der Waals surface area contributed by atoms with E-state index in [1.54, 1.807) is 0 Å². The van der Waals surface area contributed by atoms with Gasteiger partial charge >= 0.3 is 29.2 Å². The number of alkyl halides is 1. The minimum absolute atomic E-state index is 0.548. The molecular formula is C13H18FN2O14P3. The normalized spacial score (nSPS) is 30.0. The summed E-state index contributed by atoms with van der Waals surface area (Å²) in [7, 11) is -17.1. The smallest absolute Gasteiger partial charge is 0.386 e. The Hall–Kier alpha value is -1.50. The fourth-order valence-corrected chi connectivity index (χ4v) is 6.05. The number of aromatic nitrogens is 2. The van der Waals surface area contributed by atoms with E-state index in [4.69, 9.17) is 14.5 Å². The predicted octanol–water partition coefficient (Wildman–Crippen LogP) is -0.742.